The SMILES string of the molecule is Cn1ccc2cc(-c3nc4ccc(Cl)nc4o3)cnc21. The van der Waals surface area contributed by atoms with Gasteiger partial charge in [-0.1, -0.05) is 11.6 Å². The number of oxazole rings is 1. The molecule has 0 atom stereocenters. The Hall–Kier alpha value is -2.40. The molecule has 0 spiro atoms. The second kappa shape index (κ2) is 4.05. The number of fused-ring (bicyclic) bond motifs is 2. The molecule has 98 valence electrons. The summed E-state index contributed by atoms with van der Waals surface area (Å²) in [7, 11) is 1.96. The number of pyridine rings is 2. The van der Waals surface area contributed by atoms with Gasteiger partial charge in [-0.3, -0.25) is 0 Å². The van der Waals surface area contributed by atoms with Crippen LogP contribution in [0.4, 0.5) is 0 Å². The number of rotatable bonds is 1. The Morgan fingerprint density at radius 3 is 3.00 bits per heavy atom. The molecule has 0 N–H and O–H groups in total. The molecule has 4 aromatic heterocycles. The Morgan fingerprint density at radius 2 is 2.10 bits per heavy atom. The van der Waals surface area contributed by atoms with Crippen LogP contribution < -0.4 is 0 Å². The van der Waals surface area contributed by atoms with E-state index in [9.17, 15) is 0 Å². The van der Waals surface area contributed by atoms with E-state index in [4.69, 9.17) is 16.0 Å². The van der Waals surface area contributed by atoms with Gasteiger partial charge in [0.2, 0.25) is 11.6 Å². The minimum absolute atomic E-state index is 0.386. The fourth-order valence-electron chi connectivity index (χ4n) is 2.19. The van der Waals surface area contributed by atoms with Gasteiger partial charge < -0.3 is 8.98 Å². The summed E-state index contributed by atoms with van der Waals surface area (Å²) in [5, 5.41) is 1.43. The van der Waals surface area contributed by atoms with E-state index in [0.29, 0.717) is 22.3 Å². The number of aromatic nitrogens is 4. The number of halogens is 1. The van der Waals surface area contributed by atoms with E-state index >= 15 is 0 Å². The summed E-state index contributed by atoms with van der Waals surface area (Å²) < 4.78 is 7.60. The van der Waals surface area contributed by atoms with Crippen molar-refractivity contribution >= 4 is 33.9 Å². The highest BCUT2D eigenvalue weighted by molar-refractivity contribution is 6.29. The van der Waals surface area contributed by atoms with Gasteiger partial charge in [0.1, 0.15) is 16.3 Å². The van der Waals surface area contributed by atoms with Crippen LogP contribution in [0.3, 0.4) is 0 Å². The molecule has 0 fully saturated rings. The highest BCUT2D eigenvalue weighted by Crippen LogP contribution is 2.26. The Balaban J connectivity index is 1.91. The van der Waals surface area contributed by atoms with Crippen molar-refractivity contribution in [1.29, 1.82) is 0 Å². The summed E-state index contributed by atoms with van der Waals surface area (Å²) >= 11 is 5.84. The highest BCUT2D eigenvalue weighted by atomic mass is 35.5. The minimum Gasteiger partial charge on any atom is -0.418 e. The van der Waals surface area contributed by atoms with Gasteiger partial charge >= 0.3 is 0 Å². The molecule has 0 radical (unpaired) electrons. The van der Waals surface area contributed by atoms with Crippen LogP contribution in [-0.4, -0.2) is 19.5 Å². The minimum atomic E-state index is 0.386. The lowest BCUT2D eigenvalue weighted by Crippen LogP contribution is -1.88. The van der Waals surface area contributed by atoms with Gasteiger partial charge in [-0.05, 0) is 24.3 Å². The van der Waals surface area contributed by atoms with Crippen molar-refractivity contribution in [2.75, 3.05) is 0 Å². The molecule has 0 bridgehead atoms. The van der Waals surface area contributed by atoms with E-state index in [0.717, 1.165) is 16.6 Å². The molecule has 4 aromatic rings. The normalized spacial score (nSPS) is 11.5. The maximum atomic E-state index is 5.84. The van der Waals surface area contributed by atoms with Crippen molar-refractivity contribution in [1.82, 2.24) is 19.5 Å². The van der Waals surface area contributed by atoms with Crippen molar-refractivity contribution in [3.8, 4) is 11.5 Å². The second-order valence-corrected chi connectivity index (χ2v) is 4.93. The lowest BCUT2D eigenvalue weighted by Gasteiger charge is -1.97. The van der Waals surface area contributed by atoms with E-state index in [1.54, 1.807) is 18.3 Å². The molecule has 0 aliphatic carbocycles. The predicted octanol–water partition coefficient (Wildman–Crippen LogP) is 3.43. The third-order valence-corrected chi connectivity index (χ3v) is 3.39. The Labute approximate surface area is 118 Å². The van der Waals surface area contributed by atoms with Gasteiger partial charge in [0, 0.05) is 24.8 Å². The predicted molar refractivity (Wildman–Crippen MR) is 76.5 cm³/mol. The van der Waals surface area contributed by atoms with Crippen molar-refractivity contribution in [3.63, 3.8) is 0 Å². The number of nitrogens with zero attached hydrogens (tertiary/aromatic N) is 4. The average Bonchev–Trinajstić information content (AvgIpc) is 3.02. The number of aryl methyl sites for hydroxylation is 1. The van der Waals surface area contributed by atoms with Gasteiger partial charge in [-0.25, -0.2) is 9.97 Å². The van der Waals surface area contributed by atoms with E-state index in [1.165, 1.54) is 0 Å². The van der Waals surface area contributed by atoms with Crippen molar-refractivity contribution in [2.45, 2.75) is 0 Å². The lowest BCUT2D eigenvalue weighted by atomic mass is 10.2. The summed E-state index contributed by atoms with van der Waals surface area (Å²) in [5.74, 6) is 0.494. The molecular weight excluding hydrogens is 276 g/mol. The van der Waals surface area contributed by atoms with Crippen molar-refractivity contribution < 1.29 is 4.42 Å². The van der Waals surface area contributed by atoms with Crippen molar-refractivity contribution in [2.24, 2.45) is 7.05 Å². The van der Waals surface area contributed by atoms with Gasteiger partial charge in [-0.2, -0.15) is 4.98 Å². The smallest absolute Gasteiger partial charge is 0.248 e. The van der Waals surface area contributed by atoms with Crippen LogP contribution in [0.1, 0.15) is 0 Å². The van der Waals surface area contributed by atoms with Gasteiger partial charge in [-0.15, -0.1) is 0 Å². The molecule has 0 amide bonds. The van der Waals surface area contributed by atoms with E-state index in [1.807, 2.05) is 29.9 Å². The molecule has 0 saturated carbocycles. The number of hydrogen-bond donors (Lipinski definition) is 0. The third-order valence-electron chi connectivity index (χ3n) is 3.18. The Kier molecular flexibility index (Phi) is 2.31. The zero-order chi connectivity index (χ0) is 13.7. The van der Waals surface area contributed by atoms with Crippen LogP contribution in [0.2, 0.25) is 5.15 Å². The highest BCUT2D eigenvalue weighted by Gasteiger charge is 2.11. The summed E-state index contributed by atoms with van der Waals surface area (Å²) in [5.41, 5.74) is 2.85. The van der Waals surface area contributed by atoms with Crippen LogP contribution in [-0.2, 0) is 7.05 Å². The van der Waals surface area contributed by atoms with Crippen LogP contribution >= 0.6 is 11.6 Å². The largest absolute Gasteiger partial charge is 0.418 e. The molecule has 5 nitrogen and oxygen atoms in total. The molecule has 0 aromatic carbocycles. The molecule has 0 unspecified atom stereocenters. The number of hydrogen-bond acceptors (Lipinski definition) is 4. The van der Waals surface area contributed by atoms with Crippen LogP contribution in [0.15, 0.2) is 41.1 Å². The average molecular weight is 285 g/mol. The zero-order valence-corrected chi connectivity index (χ0v) is 11.3. The molecule has 0 aliphatic heterocycles. The standard InChI is InChI=1S/C14H9ClN4O/c1-19-5-4-8-6-9(7-16-12(8)19)13-17-10-2-3-11(15)18-14(10)20-13/h2-7H,1H3. The maximum absolute atomic E-state index is 5.84. The fraction of sp³-hybridized carbons (Fsp3) is 0.0714. The van der Waals surface area contributed by atoms with Gasteiger partial charge in [0.15, 0.2) is 0 Å². The Bertz CT molecular complexity index is 941. The molecule has 6 heteroatoms. The molecule has 20 heavy (non-hydrogen) atoms. The van der Waals surface area contributed by atoms with Gasteiger partial charge in [0.05, 0.1) is 5.56 Å². The van der Waals surface area contributed by atoms with E-state index in [2.05, 4.69) is 15.0 Å². The van der Waals surface area contributed by atoms with E-state index in [-0.39, 0.29) is 0 Å². The first-order valence-corrected chi connectivity index (χ1v) is 6.43. The zero-order valence-electron chi connectivity index (χ0n) is 10.5. The van der Waals surface area contributed by atoms with Crippen LogP contribution in [0.25, 0.3) is 33.7 Å². The maximum Gasteiger partial charge on any atom is 0.248 e. The summed E-state index contributed by atoms with van der Waals surface area (Å²) in [6.45, 7) is 0. The van der Waals surface area contributed by atoms with Gasteiger partial charge in [0.25, 0.3) is 0 Å². The first kappa shape index (κ1) is 11.4. The monoisotopic (exact) mass is 284 g/mol. The molecule has 4 heterocycles. The summed E-state index contributed by atoms with van der Waals surface area (Å²) in [4.78, 5) is 12.9. The second-order valence-electron chi connectivity index (χ2n) is 4.54. The Morgan fingerprint density at radius 1 is 1.20 bits per heavy atom. The van der Waals surface area contributed by atoms with Crippen molar-refractivity contribution in [3.05, 3.63) is 41.8 Å². The molecule has 0 saturated heterocycles. The summed E-state index contributed by atoms with van der Waals surface area (Å²) in [6.07, 6.45) is 3.71. The topological polar surface area (TPSA) is 56.7 Å². The molecule has 0 aliphatic rings. The van der Waals surface area contributed by atoms with Crippen LogP contribution in [0.5, 0.6) is 0 Å². The first-order valence-electron chi connectivity index (χ1n) is 6.05. The van der Waals surface area contributed by atoms with Crippen LogP contribution in [0, 0.1) is 0 Å². The quantitative estimate of drug-likeness (QED) is 0.503. The molecule has 4 rings (SSSR count). The lowest BCUT2D eigenvalue weighted by molar-refractivity contribution is 0.607. The van der Waals surface area contributed by atoms with E-state index < -0.39 is 0 Å². The molecular formula is C14H9ClN4O. The third kappa shape index (κ3) is 1.67. The fourth-order valence-corrected chi connectivity index (χ4v) is 2.33. The first-order chi connectivity index (χ1) is 9.70. The summed E-state index contributed by atoms with van der Waals surface area (Å²) in [6, 6.07) is 7.47.